The minimum atomic E-state index is -0.873. The van der Waals surface area contributed by atoms with Crippen LogP contribution in [0, 0.1) is 23.0 Å². The SMILES string of the molecule is N#Cc1ccc(C(=O)Nc2ccc(F)cc2F)nc1. The summed E-state index contributed by atoms with van der Waals surface area (Å²) in [6.45, 7) is 0. The number of nitrogens with zero attached hydrogens (tertiary/aromatic N) is 2. The number of pyridine rings is 1. The quantitative estimate of drug-likeness (QED) is 0.901. The fraction of sp³-hybridized carbons (Fsp3) is 0. The van der Waals surface area contributed by atoms with Crippen LogP contribution in [0.5, 0.6) is 0 Å². The van der Waals surface area contributed by atoms with Crippen molar-refractivity contribution >= 4 is 11.6 Å². The number of nitriles is 1. The number of carbonyl (C=O) groups is 1. The molecule has 1 aromatic carbocycles. The van der Waals surface area contributed by atoms with Crippen molar-refractivity contribution in [1.29, 1.82) is 5.26 Å². The summed E-state index contributed by atoms with van der Waals surface area (Å²) in [5.41, 5.74) is 0.199. The van der Waals surface area contributed by atoms with Gasteiger partial charge < -0.3 is 5.32 Å². The van der Waals surface area contributed by atoms with Crippen molar-refractivity contribution in [3.05, 3.63) is 59.4 Å². The van der Waals surface area contributed by atoms with E-state index < -0.39 is 17.5 Å². The molecular formula is C13H7F2N3O. The molecule has 0 saturated heterocycles. The number of halogens is 2. The molecular weight excluding hydrogens is 252 g/mol. The number of aromatic nitrogens is 1. The first kappa shape index (κ1) is 12.6. The van der Waals surface area contributed by atoms with Gasteiger partial charge in [0.15, 0.2) is 0 Å². The van der Waals surface area contributed by atoms with E-state index in [1.807, 2.05) is 6.07 Å². The number of hydrogen-bond acceptors (Lipinski definition) is 3. The van der Waals surface area contributed by atoms with E-state index in [4.69, 9.17) is 5.26 Å². The lowest BCUT2D eigenvalue weighted by atomic mass is 10.2. The summed E-state index contributed by atoms with van der Waals surface area (Å²) in [7, 11) is 0. The monoisotopic (exact) mass is 259 g/mol. The fourth-order valence-corrected chi connectivity index (χ4v) is 1.37. The zero-order valence-electron chi connectivity index (χ0n) is 9.52. The molecule has 0 bridgehead atoms. The predicted molar refractivity (Wildman–Crippen MR) is 63.3 cm³/mol. The van der Waals surface area contributed by atoms with Crippen LogP contribution >= 0.6 is 0 Å². The van der Waals surface area contributed by atoms with Crippen molar-refractivity contribution in [3.63, 3.8) is 0 Å². The van der Waals surface area contributed by atoms with Gasteiger partial charge in [0.05, 0.1) is 11.3 Å². The van der Waals surface area contributed by atoms with Crippen molar-refractivity contribution in [1.82, 2.24) is 4.98 Å². The van der Waals surface area contributed by atoms with Crippen molar-refractivity contribution < 1.29 is 13.6 Å². The number of carbonyl (C=O) groups excluding carboxylic acids is 1. The third kappa shape index (κ3) is 2.90. The van der Waals surface area contributed by atoms with E-state index in [9.17, 15) is 13.6 Å². The zero-order valence-corrected chi connectivity index (χ0v) is 9.52. The molecule has 94 valence electrons. The molecule has 1 amide bonds. The van der Waals surface area contributed by atoms with Gasteiger partial charge in [0.2, 0.25) is 0 Å². The molecule has 0 radical (unpaired) electrons. The molecule has 1 N–H and O–H groups in total. The van der Waals surface area contributed by atoms with Crippen LogP contribution < -0.4 is 5.32 Å². The molecule has 2 aromatic rings. The molecule has 6 heteroatoms. The Morgan fingerprint density at radius 2 is 2.05 bits per heavy atom. The van der Waals surface area contributed by atoms with E-state index in [2.05, 4.69) is 10.3 Å². The molecule has 0 atom stereocenters. The summed E-state index contributed by atoms with van der Waals surface area (Å²) in [6, 6.07) is 7.44. The first-order chi connectivity index (χ1) is 9.10. The van der Waals surface area contributed by atoms with E-state index in [-0.39, 0.29) is 11.4 Å². The van der Waals surface area contributed by atoms with Crippen LogP contribution in [0.4, 0.5) is 14.5 Å². The summed E-state index contributed by atoms with van der Waals surface area (Å²) >= 11 is 0. The Morgan fingerprint density at radius 3 is 2.63 bits per heavy atom. The molecule has 0 aliphatic heterocycles. The van der Waals surface area contributed by atoms with Gasteiger partial charge in [-0.3, -0.25) is 4.79 Å². The first-order valence-corrected chi connectivity index (χ1v) is 5.22. The summed E-state index contributed by atoms with van der Waals surface area (Å²) in [5, 5.41) is 10.9. The number of rotatable bonds is 2. The van der Waals surface area contributed by atoms with E-state index in [0.717, 1.165) is 12.1 Å². The first-order valence-electron chi connectivity index (χ1n) is 5.22. The standard InChI is InChI=1S/C13H7F2N3O/c14-9-2-4-11(10(15)5-9)18-13(19)12-3-1-8(6-16)7-17-12/h1-5,7H,(H,18,19). The van der Waals surface area contributed by atoms with Crippen molar-refractivity contribution in [2.45, 2.75) is 0 Å². The highest BCUT2D eigenvalue weighted by atomic mass is 19.1. The lowest BCUT2D eigenvalue weighted by Crippen LogP contribution is -2.14. The van der Waals surface area contributed by atoms with Crippen LogP contribution in [-0.2, 0) is 0 Å². The van der Waals surface area contributed by atoms with Crippen molar-refractivity contribution in [2.24, 2.45) is 0 Å². The lowest BCUT2D eigenvalue weighted by Gasteiger charge is -2.05. The number of amides is 1. The second kappa shape index (κ2) is 5.23. The Labute approximate surface area is 107 Å². The molecule has 0 fully saturated rings. The number of anilines is 1. The summed E-state index contributed by atoms with van der Waals surface area (Å²) < 4.78 is 26.0. The molecule has 0 unspecified atom stereocenters. The second-order valence-electron chi connectivity index (χ2n) is 3.62. The summed E-state index contributed by atoms with van der Waals surface area (Å²) in [6.07, 6.45) is 1.23. The van der Waals surface area contributed by atoms with Crippen LogP contribution in [0.25, 0.3) is 0 Å². The molecule has 1 aromatic heterocycles. The molecule has 0 saturated carbocycles. The van der Waals surface area contributed by atoms with Crippen LogP contribution in [-0.4, -0.2) is 10.9 Å². The number of nitrogens with one attached hydrogen (secondary N) is 1. The Kier molecular flexibility index (Phi) is 3.48. The molecule has 19 heavy (non-hydrogen) atoms. The highest BCUT2D eigenvalue weighted by Gasteiger charge is 2.11. The van der Waals surface area contributed by atoms with Crippen LogP contribution in [0.1, 0.15) is 16.1 Å². The molecule has 0 aliphatic rings. The molecule has 2 rings (SSSR count). The van der Waals surface area contributed by atoms with Crippen molar-refractivity contribution in [3.8, 4) is 6.07 Å². The van der Waals surface area contributed by atoms with Crippen LogP contribution in [0.15, 0.2) is 36.5 Å². The van der Waals surface area contributed by atoms with Gasteiger partial charge in [-0.05, 0) is 24.3 Å². The lowest BCUT2D eigenvalue weighted by molar-refractivity contribution is 0.102. The van der Waals surface area contributed by atoms with Crippen molar-refractivity contribution in [2.75, 3.05) is 5.32 Å². The molecule has 4 nitrogen and oxygen atoms in total. The second-order valence-corrected chi connectivity index (χ2v) is 3.62. The number of benzene rings is 1. The normalized spacial score (nSPS) is 9.74. The van der Waals surface area contributed by atoms with Crippen LogP contribution in [0.2, 0.25) is 0 Å². The average molecular weight is 259 g/mol. The molecule has 0 spiro atoms. The van der Waals surface area contributed by atoms with Gasteiger partial charge in [0.25, 0.3) is 5.91 Å². The minimum absolute atomic E-state index is 0.0303. The fourth-order valence-electron chi connectivity index (χ4n) is 1.37. The zero-order chi connectivity index (χ0) is 13.8. The predicted octanol–water partition coefficient (Wildman–Crippen LogP) is 2.48. The highest BCUT2D eigenvalue weighted by molar-refractivity contribution is 6.02. The van der Waals surface area contributed by atoms with E-state index in [1.54, 1.807) is 0 Å². The average Bonchev–Trinajstić information content (AvgIpc) is 2.42. The third-order valence-corrected chi connectivity index (χ3v) is 2.30. The van der Waals surface area contributed by atoms with Gasteiger partial charge in [-0.2, -0.15) is 5.26 Å². The maximum Gasteiger partial charge on any atom is 0.274 e. The Balaban J connectivity index is 2.18. The van der Waals surface area contributed by atoms with Crippen LogP contribution in [0.3, 0.4) is 0 Å². The maximum absolute atomic E-state index is 13.3. The topological polar surface area (TPSA) is 65.8 Å². The third-order valence-electron chi connectivity index (χ3n) is 2.30. The van der Waals surface area contributed by atoms with E-state index >= 15 is 0 Å². The van der Waals surface area contributed by atoms with E-state index in [1.165, 1.54) is 18.3 Å². The smallest absolute Gasteiger partial charge is 0.274 e. The van der Waals surface area contributed by atoms with Gasteiger partial charge >= 0.3 is 0 Å². The van der Waals surface area contributed by atoms with Gasteiger partial charge in [0.1, 0.15) is 23.4 Å². The molecule has 1 heterocycles. The Bertz CT molecular complexity index is 663. The number of hydrogen-bond donors (Lipinski definition) is 1. The highest BCUT2D eigenvalue weighted by Crippen LogP contribution is 2.15. The summed E-state index contributed by atoms with van der Waals surface area (Å²) in [4.78, 5) is 15.5. The van der Waals surface area contributed by atoms with Gasteiger partial charge in [-0.25, -0.2) is 13.8 Å². The minimum Gasteiger partial charge on any atom is -0.318 e. The largest absolute Gasteiger partial charge is 0.318 e. The van der Waals surface area contributed by atoms with E-state index in [0.29, 0.717) is 11.6 Å². The van der Waals surface area contributed by atoms with Gasteiger partial charge in [0, 0.05) is 12.3 Å². The Hall–Kier alpha value is -2.81. The maximum atomic E-state index is 13.3. The Morgan fingerprint density at radius 1 is 1.26 bits per heavy atom. The summed E-state index contributed by atoms with van der Waals surface area (Å²) in [5.74, 6) is -2.25. The van der Waals surface area contributed by atoms with Gasteiger partial charge in [-0.15, -0.1) is 0 Å². The van der Waals surface area contributed by atoms with Gasteiger partial charge in [-0.1, -0.05) is 0 Å². The molecule has 0 aliphatic carbocycles.